The zero-order valence-corrected chi connectivity index (χ0v) is 17.9. The van der Waals surface area contributed by atoms with Crippen molar-refractivity contribution in [2.45, 2.75) is 18.3 Å². The lowest BCUT2D eigenvalue weighted by molar-refractivity contribution is 0.355. The highest BCUT2D eigenvalue weighted by atomic mass is 127. The van der Waals surface area contributed by atoms with Crippen LogP contribution in [0.25, 0.3) is 0 Å². The lowest BCUT2D eigenvalue weighted by Gasteiger charge is -2.15. The van der Waals surface area contributed by atoms with Crippen molar-refractivity contribution in [3.63, 3.8) is 0 Å². The summed E-state index contributed by atoms with van der Waals surface area (Å²) in [6.07, 6.45) is 2.15. The second kappa shape index (κ2) is 8.81. The molecule has 0 bridgehead atoms. The van der Waals surface area contributed by atoms with E-state index in [0.717, 1.165) is 29.1 Å². The van der Waals surface area contributed by atoms with Crippen LogP contribution in [0.1, 0.15) is 18.4 Å². The highest BCUT2D eigenvalue weighted by Crippen LogP contribution is 2.50. The molecule has 0 amide bonds. The molecule has 0 atom stereocenters. The molecule has 1 fully saturated rings. The highest BCUT2D eigenvalue weighted by molar-refractivity contribution is 14.0. The maximum Gasteiger partial charge on any atom is 0.193 e. The van der Waals surface area contributed by atoms with E-state index in [9.17, 15) is 0 Å². The van der Waals surface area contributed by atoms with Gasteiger partial charge in [0.2, 0.25) is 0 Å². The SMILES string of the molecule is COc1ccc(NC(N)=NCC2(c3ccccc3Cl)CC2)cc1OC.I. The zero-order chi connectivity index (χ0) is 17.9. The molecule has 0 radical (unpaired) electrons. The molecule has 140 valence electrons. The van der Waals surface area contributed by atoms with Crippen LogP contribution in [0.4, 0.5) is 5.69 Å². The molecule has 2 aromatic rings. The summed E-state index contributed by atoms with van der Waals surface area (Å²) in [6, 6.07) is 13.5. The van der Waals surface area contributed by atoms with Gasteiger partial charge in [-0.3, -0.25) is 4.99 Å². The maximum absolute atomic E-state index is 6.33. The Morgan fingerprint density at radius 2 is 1.85 bits per heavy atom. The van der Waals surface area contributed by atoms with Crippen LogP contribution < -0.4 is 20.5 Å². The first-order valence-electron chi connectivity index (χ1n) is 8.12. The van der Waals surface area contributed by atoms with E-state index in [1.54, 1.807) is 14.2 Å². The summed E-state index contributed by atoms with van der Waals surface area (Å²) in [4.78, 5) is 4.52. The molecule has 7 heteroatoms. The van der Waals surface area contributed by atoms with Gasteiger partial charge in [-0.25, -0.2) is 0 Å². The molecule has 0 saturated heterocycles. The van der Waals surface area contributed by atoms with Crippen molar-refractivity contribution < 1.29 is 9.47 Å². The highest BCUT2D eigenvalue weighted by Gasteiger charge is 2.45. The van der Waals surface area contributed by atoms with Crippen molar-refractivity contribution in [1.82, 2.24) is 0 Å². The third-order valence-corrected chi connectivity index (χ3v) is 4.84. The molecule has 2 aromatic carbocycles. The van der Waals surface area contributed by atoms with E-state index in [4.69, 9.17) is 26.8 Å². The number of guanidine groups is 1. The van der Waals surface area contributed by atoms with Crippen molar-refractivity contribution in [3.05, 3.63) is 53.1 Å². The summed E-state index contributed by atoms with van der Waals surface area (Å²) >= 11 is 6.33. The number of nitrogens with zero attached hydrogens (tertiary/aromatic N) is 1. The molecule has 1 saturated carbocycles. The minimum absolute atomic E-state index is 0. The van der Waals surface area contributed by atoms with Gasteiger partial charge in [0.05, 0.1) is 20.8 Å². The molecular weight excluding hydrogens is 465 g/mol. The number of rotatable bonds is 6. The van der Waals surface area contributed by atoms with Crippen LogP contribution in [0.3, 0.4) is 0 Å². The van der Waals surface area contributed by atoms with Gasteiger partial charge in [-0.05, 0) is 36.6 Å². The quantitative estimate of drug-likeness (QED) is 0.359. The lowest BCUT2D eigenvalue weighted by atomic mass is 9.96. The van der Waals surface area contributed by atoms with Gasteiger partial charge in [0.15, 0.2) is 17.5 Å². The number of nitrogens with one attached hydrogen (secondary N) is 1. The fourth-order valence-corrected chi connectivity index (χ4v) is 3.23. The van der Waals surface area contributed by atoms with Crippen molar-refractivity contribution in [2.75, 3.05) is 26.1 Å². The molecule has 3 rings (SSSR count). The fraction of sp³-hybridized carbons (Fsp3) is 0.316. The summed E-state index contributed by atoms with van der Waals surface area (Å²) in [5.41, 5.74) is 8.01. The third kappa shape index (κ3) is 4.54. The van der Waals surface area contributed by atoms with Crippen LogP contribution in [-0.2, 0) is 5.41 Å². The van der Waals surface area contributed by atoms with Crippen LogP contribution in [0.5, 0.6) is 11.5 Å². The van der Waals surface area contributed by atoms with E-state index in [1.807, 2.05) is 36.4 Å². The van der Waals surface area contributed by atoms with Crippen molar-refractivity contribution in [2.24, 2.45) is 10.7 Å². The second-order valence-electron chi connectivity index (χ2n) is 6.16. The molecule has 0 spiro atoms. The third-order valence-electron chi connectivity index (χ3n) is 4.51. The first kappa shape index (κ1) is 20.6. The largest absolute Gasteiger partial charge is 0.493 e. The van der Waals surface area contributed by atoms with E-state index in [0.29, 0.717) is 24.0 Å². The zero-order valence-electron chi connectivity index (χ0n) is 14.8. The van der Waals surface area contributed by atoms with Crippen LogP contribution in [0, 0.1) is 0 Å². The first-order valence-corrected chi connectivity index (χ1v) is 8.50. The van der Waals surface area contributed by atoms with Gasteiger partial charge in [-0.2, -0.15) is 0 Å². The Bertz CT molecular complexity index is 794. The predicted octanol–water partition coefficient (Wildman–Crippen LogP) is 4.43. The van der Waals surface area contributed by atoms with E-state index in [-0.39, 0.29) is 29.4 Å². The molecule has 0 unspecified atom stereocenters. The summed E-state index contributed by atoms with van der Waals surface area (Å²) in [7, 11) is 3.20. The maximum atomic E-state index is 6.33. The topological polar surface area (TPSA) is 68.9 Å². The molecule has 0 aliphatic heterocycles. The smallest absolute Gasteiger partial charge is 0.193 e. The number of hydrogen-bond donors (Lipinski definition) is 2. The molecule has 0 heterocycles. The number of methoxy groups -OCH3 is 2. The molecule has 1 aliphatic rings. The van der Waals surface area contributed by atoms with E-state index in [2.05, 4.69) is 16.4 Å². The minimum atomic E-state index is 0. The minimum Gasteiger partial charge on any atom is -0.493 e. The number of anilines is 1. The fourth-order valence-electron chi connectivity index (χ4n) is 2.89. The first-order chi connectivity index (χ1) is 12.1. The number of benzene rings is 2. The normalized spacial score (nSPS) is 15.0. The van der Waals surface area contributed by atoms with Crippen LogP contribution in [0.2, 0.25) is 5.02 Å². The average molecular weight is 488 g/mol. The van der Waals surface area contributed by atoms with Crippen LogP contribution in [-0.4, -0.2) is 26.7 Å². The van der Waals surface area contributed by atoms with Crippen molar-refractivity contribution in [1.29, 1.82) is 0 Å². The monoisotopic (exact) mass is 487 g/mol. The Labute approximate surface area is 175 Å². The Kier molecular flexibility index (Phi) is 7.00. The van der Waals surface area contributed by atoms with Crippen molar-refractivity contribution in [3.8, 4) is 11.5 Å². The molecule has 0 aromatic heterocycles. The summed E-state index contributed by atoms with van der Waals surface area (Å²) in [5.74, 6) is 1.67. The summed E-state index contributed by atoms with van der Waals surface area (Å²) in [5, 5.41) is 3.89. The van der Waals surface area contributed by atoms with Gasteiger partial charge in [-0.1, -0.05) is 29.8 Å². The number of halogens is 2. The van der Waals surface area contributed by atoms with Gasteiger partial charge in [-0.15, -0.1) is 24.0 Å². The Balaban J connectivity index is 0.00000243. The summed E-state index contributed by atoms with van der Waals surface area (Å²) < 4.78 is 10.5. The van der Waals surface area contributed by atoms with Gasteiger partial charge >= 0.3 is 0 Å². The van der Waals surface area contributed by atoms with Gasteiger partial charge < -0.3 is 20.5 Å². The Morgan fingerprint density at radius 1 is 1.15 bits per heavy atom. The predicted molar refractivity (Wildman–Crippen MR) is 117 cm³/mol. The van der Waals surface area contributed by atoms with Crippen molar-refractivity contribution >= 4 is 47.2 Å². The molecular formula is C19H23ClIN3O2. The lowest BCUT2D eigenvalue weighted by Crippen LogP contribution is -2.25. The van der Waals surface area contributed by atoms with Gasteiger partial charge in [0, 0.05) is 22.2 Å². The second-order valence-corrected chi connectivity index (χ2v) is 6.56. The molecule has 26 heavy (non-hydrogen) atoms. The molecule has 1 aliphatic carbocycles. The number of hydrogen-bond acceptors (Lipinski definition) is 3. The van der Waals surface area contributed by atoms with E-state index >= 15 is 0 Å². The number of aliphatic imine (C=N–C) groups is 1. The molecule has 3 N–H and O–H groups in total. The Hall–Kier alpha value is -1.67. The van der Waals surface area contributed by atoms with Gasteiger partial charge in [0.25, 0.3) is 0 Å². The standard InChI is InChI=1S/C19H22ClN3O2.HI/c1-24-16-8-7-13(11-17(16)25-2)23-18(21)22-12-19(9-10-19)14-5-3-4-6-15(14)20;/h3-8,11H,9-10,12H2,1-2H3,(H3,21,22,23);1H. The average Bonchev–Trinajstić information content (AvgIpc) is 3.41. The summed E-state index contributed by atoms with van der Waals surface area (Å²) in [6.45, 7) is 0.614. The molecule has 5 nitrogen and oxygen atoms in total. The van der Waals surface area contributed by atoms with Crippen LogP contribution in [0.15, 0.2) is 47.5 Å². The number of nitrogens with two attached hydrogens (primary N) is 1. The van der Waals surface area contributed by atoms with E-state index in [1.165, 1.54) is 0 Å². The van der Waals surface area contributed by atoms with E-state index < -0.39 is 0 Å². The van der Waals surface area contributed by atoms with Gasteiger partial charge in [0.1, 0.15) is 0 Å². The number of ether oxygens (including phenoxy) is 2. The van der Waals surface area contributed by atoms with Crippen LogP contribution >= 0.6 is 35.6 Å². The Morgan fingerprint density at radius 3 is 2.46 bits per heavy atom.